The van der Waals surface area contributed by atoms with Gasteiger partial charge in [-0.05, 0) is 19.3 Å². The van der Waals surface area contributed by atoms with Crippen LogP contribution in [0.4, 0.5) is 0 Å². The number of nitrogens with zero attached hydrogens (tertiary/aromatic N) is 2. The molecular weight excluding hydrogens is 226 g/mol. The molecule has 0 aromatic carbocycles. The number of unbranched alkanes of at least 4 members (excludes halogenated alkanes) is 2. The summed E-state index contributed by atoms with van der Waals surface area (Å²) in [5.41, 5.74) is 6.12. The van der Waals surface area contributed by atoms with Crippen molar-refractivity contribution >= 4 is 0 Å². The number of aryl methyl sites for hydroxylation is 1. The zero-order chi connectivity index (χ0) is 12.8. The van der Waals surface area contributed by atoms with Crippen LogP contribution in [0.15, 0.2) is 4.52 Å². The Labute approximate surface area is 109 Å². The van der Waals surface area contributed by atoms with Crippen molar-refractivity contribution in [2.75, 3.05) is 0 Å². The Balaban J connectivity index is 1.99. The normalized spacial score (nSPS) is 19.7. The average Bonchev–Trinajstić information content (AvgIpc) is 2.73. The largest absolute Gasteiger partial charge is 0.339 e. The van der Waals surface area contributed by atoms with Crippen LogP contribution in [0.2, 0.25) is 0 Å². The van der Waals surface area contributed by atoms with E-state index in [9.17, 15) is 0 Å². The predicted octanol–water partition coefficient (Wildman–Crippen LogP) is 3.31. The van der Waals surface area contributed by atoms with Gasteiger partial charge in [0, 0.05) is 6.42 Å². The fourth-order valence-corrected chi connectivity index (χ4v) is 2.67. The van der Waals surface area contributed by atoms with Gasteiger partial charge in [-0.2, -0.15) is 4.98 Å². The van der Waals surface area contributed by atoms with Gasteiger partial charge in [0.1, 0.15) is 0 Å². The van der Waals surface area contributed by atoms with Gasteiger partial charge in [-0.1, -0.05) is 50.6 Å². The van der Waals surface area contributed by atoms with Crippen molar-refractivity contribution in [2.24, 2.45) is 5.73 Å². The fourth-order valence-electron chi connectivity index (χ4n) is 2.67. The number of hydrogen-bond donors (Lipinski definition) is 1. The minimum absolute atomic E-state index is 0.344. The molecule has 1 heterocycles. The van der Waals surface area contributed by atoms with Gasteiger partial charge >= 0.3 is 0 Å². The summed E-state index contributed by atoms with van der Waals surface area (Å²) < 4.78 is 5.33. The molecule has 102 valence electrons. The van der Waals surface area contributed by atoms with Gasteiger partial charge in [0.05, 0.1) is 5.54 Å². The van der Waals surface area contributed by atoms with Crippen molar-refractivity contribution in [2.45, 2.75) is 76.7 Å². The van der Waals surface area contributed by atoms with E-state index in [1.807, 2.05) is 0 Å². The lowest BCUT2D eigenvalue weighted by Crippen LogP contribution is -2.37. The van der Waals surface area contributed by atoms with E-state index in [1.54, 1.807) is 0 Å². The third kappa shape index (κ3) is 3.31. The first kappa shape index (κ1) is 13.5. The van der Waals surface area contributed by atoms with Crippen LogP contribution < -0.4 is 5.73 Å². The summed E-state index contributed by atoms with van der Waals surface area (Å²) in [6, 6.07) is 0. The van der Waals surface area contributed by atoms with Crippen molar-refractivity contribution in [3.05, 3.63) is 11.7 Å². The highest BCUT2D eigenvalue weighted by Gasteiger charge is 2.33. The van der Waals surface area contributed by atoms with Crippen molar-refractivity contribution < 1.29 is 4.52 Å². The van der Waals surface area contributed by atoms with E-state index in [2.05, 4.69) is 17.1 Å². The summed E-state index contributed by atoms with van der Waals surface area (Å²) in [7, 11) is 0. The molecule has 2 N–H and O–H groups in total. The van der Waals surface area contributed by atoms with Gasteiger partial charge in [0.15, 0.2) is 5.82 Å². The summed E-state index contributed by atoms with van der Waals surface area (Å²) in [6.07, 6.45) is 11.3. The first-order chi connectivity index (χ1) is 8.74. The Morgan fingerprint density at radius 1 is 1.17 bits per heavy atom. The van der Waals surface area contributed by atoms with Gasteiger partial charge < -0.3 is 10.3 Å². The molecule has 2 rings (SSSR count). The Bertz CT molecular complexity index is 354. The van der Waals surface area contributed by atoms with Crippen LogP contribution >= 0.6 is 0 Å². The second-order valence-electron chi connectivity index (χ2n) is 5.54. The maximum absolute atomic E-state index is 6.46. The van der Waals surface area contributed by atoms with Gasteiger partial charge in [-0.3, -0.25) is 0 Å². The summed E-state index contributed by atoms with van der Waals surface area (Å²) in [5, 5.41) is 4.12. The third-order valence-electron chi connectivity index (χ3n) is 3.90. The molecule has 4 heteroatoms. The van der Waals surface area contributed by atoms with E-state index in [0.717, 1.165) is 37.4 Å². The molecule has 0 radical (unpaired) electrons. The van der Waals surface area contributed by atoms with Crippen molar-refractivity contribution in [3.8, 4) is 0 Å². The molecule has 0 spiro atoms. The van der Waals surface area contributed by atoms with Gasteiger partial charge in [-0.25, -0.2) is 0 Å². The summed E-state index contributed by atoms with van der Waals surface area (Å²) in [6.45, 7) is 2.19. The molecule has 1 aliphatic carbocycles. The maximum Gasteiger partial charge on any atom is 0.226 e. The smallest absolute Gasteiger partial charge is 0.226 e. The van der Waals surface area contributed by atoms with Crippen molar-refractivity contribution in [3.63, 3.8) is 0 Å². The zero-order valence-corrected chi connectivity index (χ0v) is 11.5. The Hall–Kier alpha value is -0.900. The lowest BCUT2D eigenvalue weighted by Gasteiger charge is -2.23. The third-order valence-corrected chi connectivity index (χ3v) is 3.90. The lowest BCUT2D eigenvalue weighted by molar-refractivity contribution is 0.323. The van der Waals surface area contributed by atoms with Crippen LogP contribution in [-0.2, 0) is 12.0 Å². The first-order valence-corrected chi connectivity index (χ1v) is 7.36. The summed E-state index contributed by atoms with van der Waals surface area (Å²) in [4.78, 5) is 4.52. The monoisotopic (exact) mass is 251 g/mol. The van der Waals surface area contributed by atoms with E-state index in [1.165, 1.54) is 38.5 Å². The van der Waals surface area contributed by atoms with E-state index >= 15 is 0 Å². The van der Waals surface area contributed by atoms with E-state index in [4.69, 9.17) is 10.3 Å². The topological polar surface area (TPSA) is 64.9 Å². The summed E-state index contributed by atoms with van der Waals surface area (Å²) in [5.74, 6) is 1.49. The molecule has 4 nitrogen and oxygen atoms in total. The highest BCUT2D eigenvalue weighted by atomic mass is 16.5. The molecule has 0 unspecified atom stereocenters. The van der Waals surface area contributed by atoms with Crippen LogP contribution in [0.25, 0.3) is 0 Å². The molecule has 1 aromatic rings. The second-order valence-corrected chi connectivity index (χ2v) is 5.54. The fraction of sp³-hybridized carbons (Fsp3) is 0.857. The summed E-state index contributed by atoms with van der Waals surface area (Å²) >= 11 is 0. The van der Waals surface area contributed by atoms with Gasteiger partial charge in [0.2, 0.25) is 5.89 Å². The molecule has 0 saturated heterocycles. The van der Waals surface area contributed by atoms with Crippen LogP contribution in [0.5, 0.6) is 0 Å². The Morgan fingerprint density at radius 2 is 1.89 bits per heavy atom. The number of hydrogen-bond acceptors (Lipinski definition) is 4. The van der Waals surface area contributed by atoms with Crippen LogP contribution in [-0.4, -0.2) is 10.1 Å². The van der Waals surface area contributed by atoms with Crippen LogP contribution in [0, 0.1) is 0 Å². The standard InChI is InChI=1S/C14H25N3O/c1-2-3-6-9-12-16-13(17-18-12)14(15)10-7-4-5-8-11-14/h2-11,15H2,1H3. The highest BCUT2D eigenvalue weighted by Crippen LogP contribution is 2.32. The molecule has 0 amide bonds. The second kappa shape index (κ2) is 6.32. The molecule has 18 heavy (non-hydrogen) atoms. The molecule has 0 aliphatic heterocycles. The van der Waals surface area contributed by atoms with Crippen molar-refractivity contribution in [1.29, 1.82) is 0 Å². The zero-order valence-electron chi connectivity index (χ0n) is 11.5. The van der Waals surface area contributed by atoms with E-state index in [-0.39, 0.29) is 5.54 Å². The maximum atomic E-state index is 6.46. The molecule has 1 saturated carbocycles. The predicted molar refractivity (Wildman–Crippen MR) is 71.1 cm³/mol. The SMILES string of the molecule is CCCCCc1nc(C2(N)CCCCCC2)no1. The minimum atomic E-state index is -0.344. The first-order valence-electron chi connectivity index (χ1n) is 7.36. The molecule has 1 fully saturated rings. The van der Waals surface area contributed by atoms with Gasteiger partial charge in [0.25, 0.3) is 0 Å². The molecule has 1 aliphatic rings. The molecule has 0 bridgehead atoms. The van der Waals surface area contributed by atoms with Crippen molar-refractivity contribution in [1.82, 2.24) is 10.1 Å². The average molecular weight is 251 g/mol. The quantitative estimate of drug-likeness (QED) is 0.644. The number of aromatic nitrogens is 2. The number of nitrogens with two attached hydrogens (primary N) is 1. The van der Waals surface area contributed by atoms with Crippen LogP contribution in [0.1, 0.15) is 76.4 Å². The molecule has 0 atom stereocenters. The van der Waals surface area contributed by atoms with E-state index in [0.29, 0.717) is 0 Å². The lowest BCUT2D eigenvalue weighted by atomic mass is 9.91. The highest BCUT2D eigenvalue weighted by molar-refractivity contribution is 5.04. The molecular formula is C14H25N3O. The van der Waals surface area contributed by atoms with E-state index < -0.39 is 0 Å². The minimum Gasteiger partial charge on any atom is -0.339 e. The number of rotatable bonds is 5. The van der Waals surface area contributed by atoms with Crippen LogP contribution in [0.3, 0.4) is 0 Å². The Morgan fingerprint density at radius 3 is 2.56 bits per heavy atom. The molecule has 1 aromatic heterocycles. The Kier molecular flexibility index (Phi) is 4.75. The van der Waals surface area contributed by atoms with Gasteiger partial charge in [-0.15, -0.1) is 0 Å².